The zero-order valence-electron chi connectivity index (χ0n) is 11.7. The minimum absolute atomic E-state index is 0.0878. The highest BCUT2D eigenvalue weighted by molar-refractivity contribution is 9.10. The molecule has 3 aromatic rings. The summed E-state index contributed by atoms with van der Waals surface area (Å²) in [5.74, 6) is 0.112. The molecule has 0 saturated heterocycles. The molecule has 7 heteroatoms. The number of esters is 1. The molecule has 0 radical (unpaired) electrons. The molecule has 1 heterocycles. The second-order valence-electron chi connectivity index (χ2n) is 4.59. The van der Waals surface area contributed by atoms with Gasteiger partial charge in [0.1, 0.15) is 0 Å². The molecule has 0 aliphatic heterocycles. The molecule has 3 rings (SSSR count). The first kappa shape index (κ1) is 15.7. The van der Waals surface area contributed by atoms with Crippen molar-refractivity contribution < 1.29 is 13.9 Å². The SMILES string of the molecule is O=C(OCc1nnc(-c2ccc(Cl)cc2)o1)c1ccc(Br)cc1. The van der Waals surface area contributed by atoms with Crippen LogP contribution in [0.2, 0.25) is 5.02 Å². The number of rotatable bonds is 4. The molecule has 5 nitrogen and oxygen atoms in total. The van der Waals surface area contributed by atoms with Gasteiger partial charge in [-0.05, 0) is 48.5 Å². The summed E-state index contributed by atoms with van der Waals surface area (Å²) in [5, 5.41) is 8.40. The topological polar surface area (TPSA) is 65.2 Å². The number of hydrogen-bond donors (Lipinski definition) is 0. The predicted molar refractivity (Wildman–Crippen MR) is 88.0 cm³/mol. The van der Waals surface area contributed by atoms with E-state index in [1.165, 1.54) is 0 Å². The molecule has 0 spiro atoms. The lowest BCUT2D eigenvalue weighted by atomic mass is 10.2. The van der Waals surface area contributed by atoms with Crippen molar-refractivity contribution in [1.82, 2.24) is 10.2 Å². The largest absolute Gasteiger partial charge is 0.452 e. The fourth-order valence-corrected chi connectivity index (χ4v) is 2.21. The third-order valence-electron chi connectivity index (χ3n) is 2.96. The first-order chi connectivity index (χ1) is 11.1. The zero-order valence-corrected chi connectivity index (χ0v) is 14.0. The Morgan fingerprint density at radius 1 is 1.09 bits per heavy atom. The van der Waals surface area contributed by atoms with Gasteiger partial charge in [-0.15, -0.1) is 10.2 Å². The summed E-state index contributed by atoms with van der Waals surface area (Å²) in [5.41, 5.74) is 1.19. The second-order valence-corrected chi connectivity index (χ2v) is 5.94. The highest BCUT2D eigenvalue weighted by Gasteiger charge is 2.12. The van der Waals surface area contributed by atoms with Crippen LogP contribution in [0.25, 0.3) is 11.5 Å². The normalized spacial score (nSPS) is 10.5. The molecule has 2 aromatic carbocycles. The maximum atomic E-state index is 11.9. The Labute approximate surface area is 145 Å². The molecule has 0 unspecified atom stereocenters. The summed E-state index contributed by atoms with van der Waals surface area (Å²) in [6.45, 7) is -0.0878. The molecule has 0 fully saturated rings. The lowest BCUT2D eigenvalue weighted by Gasteiger charge is -2.02. The average Bonchev–Trinajstić information content (AvgIpc) is 3.03. The molecular formula is C16H10BrClN2O3. The van der Waals surface area contributed by atoms with Gasteiger partial charge in [0, 0.05) is 15.1 Å². The van der Waals surface area contributed by atoms with Crippen LogP contribution in [-0.4, -0.2) is 16.2 Å². The van der Waals surface area contributed by atoms with E-state index in [9.17, 15) is 4.79 Å². The minimum atomic E-state index is -0.455. The molecule has 0 atom stereocenters. The Bertz CT molecular complexity index is 816. The first-order valence-corrected chi connectivity index (χ1v) is 7.80. The van der Waals surface area contributed by atoms with Crippen LogP contribution < -0.4 is 0 Å². The van der Waals surface area contributed by atoms with E-state index in [0.717, 1.165) is 10.0 Å². The highest BCUT2D eigenvalue weighted by atomic mass is 79.9. The Morgan fingerprint density at radius 3 is 2.48 bits per heavy atom. The summed E-state index contributed by atoms with van der Waals surface area (Å²) >= 11 is 9.14. The quantitative estimate of drug-likeness (QED) is 0.610. The van der Waals surface area contributed by atoms with Gasteiger partial charge in [0.15, 0.2) is 6.61 Å². The minimum Gasteiger partial charge on any atom is -0.452 e. The van der Waals surface area contributed by atoms with E-state index in [1.807, 2.05) is 0 Å². The third kappa shape index (κ3) is 3.97. The fourth-order valence-electron chi connectivity index (χ4n) is 1.82. The number of nitrogens with zero attached hydrogens (tertiary/aromatic N) is 2. The number of aromatic nitrogens is 2. The fraction of sp³-hybridized carbons (Fsp3) is 0.0625. The van der Waals surface area contributed by atoms with E-state index in [4.69, 9.17) is 20.8 Å². The smallest absolute Gasteiger partial charge is 0.338 e. The van der Waals surface area contributed by atoms with E-state index in [-0.39, 0.29) is 12.5 Å². The summed E-state index contributed by atoms with van der Waals surface area (Å²) in [6, 6.07) is 13.9. The van der Waals surface area contributed by atoms with Crippen molar-refractivity contribution in [2.75, 3.05) is 0 Å². The second kappa shape index (κ2) is 6.93. The number of hydrogen-bond acceptors (Lipinski definition) is 5. The predicted octanol–water partition coefficient (Wildman–Crippen LogP) is 4.51. The average molecular weight is 394 g/mol. The van der Waals surface area contributed by atoms with Gasteiger partial charge in [0.05, 0.1) is 5.56 Å². The molecule has 0 aliphatic rings. The Balaban J connectivity index is 1.64. The van der Waals surface area contributed by atoms with Gasteiger partial charge in [-0.3, -0.25) is 0 Å². The molecule has 0 bridgehead atoms. The number of benzene rings is 2. The van der Waals surface area contributed by atoms with Crippen LogP contribution in [0.3, 0.4) is 0 Å². The summed E-state index contributed by atoms with van der Waals surface area (Å²) in [4.78, 5) is 11.9. The van der Waals surface area contributed by atoms with Crippen LogP contribution in [0, 0.1) is 0 Å². The van der Waals surface area contributed by atoms with Crippen LogP contribution in [0.4, 0.5) is 0 Å². The van der Waals surface area contributed by atoms with Crippen molar-refractivity contribution in [1.29, 1.82) is 0 Å². The van der Waals surface area contributed by atoms with E-state index < -0.39 is 5.97 Å². The zero-order chi connectivity index (χ0) is 16.2. The Morgan fingerprint density at radius 2 is 1.78 bits per heavy atom. The van der Waals surface area contributed by atoms with Gasteiger partial charge < -0.3 is 9.15 Å². The molecule has 0 N–H and O–H groups in total. The van der Waals surface area contributed by atoms with Crippen molar-refractivity contribution in [2.45, 2.75) is 6.61 Å². The van der Waals surface area contributed by atoms with Crippen molar-refractivity contribution >= 4 is 33.5 Å². The van der Waals surface area contributed by atoms with Crippen molar-refractivity contribution in [3.63, 3.8) is 0 Å². The van der Waals surface area contributed by atoms with Crippen LogP contribution >= 0.6 is 27.5 Å². The van der Waals surface area contributed by atoms with Crippen LogP contribution in [-0.2, 0) is 11.3 Å². The molecule has 0 amide bonds. The van der Waals surface area contributed by atoms with Gasteiger partial charge in [-0.1, -0.05) is 27.5 Å². The van der Waals surface area contributed by atoms with E-state index in [1.54, 1.807) is 48.5 Å². The molecule has 116 valence electrons. The highest BCUT2D eigenvalue weighted by Crippen LogP contribution is 2.20. The first-order valence-electron chi connectivity index (χ1n) is 6.63. The molecule has 0 saturated carbocycles. The van der Waals surface area contributed by atoms with E-state index >= 15 is 0 Å². The van der Waals surface area contributed by atoms with Crippen molar-refractivity contribution in [2.24, 2.45) is 0 Å². The maximum absolute atomic E-state index is 11.9. The summed E-state index contributed by atoms with van der Waals surface area (Å²) < 4.78 is 11.5. The van der Waals surface area contributed by atoms with Gasteiger partial charge in [0.2, 0.25) is 5.89 Å². The molecule has 0 aliphatic carbocycles. The lowest BCUT2D eigenvalue weighted by Crippen LogP contribution is -2.05. The third-order valence-corrected chi connectivity index (χ3v) is 3.75. The summed E-state index contributed by atoms with van der Waals surface area (Å²) in [7, 11) is 0. The van der Waals surface area contributed by atoms with Crippen molar-refractivity contribution in [3.05, 3.63) is 69.5 Å². The van der Waals surface area contributed by atoms with Crippen molar-refractivity contribution in [3.8, 4) is 11.5 Å². The molecular weight excluding hydrogens is 384 g/mol. The lowest BCUT2D eigenvalue weighted by molar-refractivity contribution is 0.0438. The summed E-state index contributed by atoms with van der Waals surface area (Å²) in [6.07, 6.45) is 0. The number of carbonyl (C=O) groups excluding carboxylic acids is 1. The molecule has 1 aromatic heterocycles. The Hall–Kier alpha value is -2.18. The van der Waals surface area contributed by atoms with Crippen LogP contribution in [0.15, 0.2) is 57.4 Å². The van der Waals surface area contributed by atoms with Crippen LogP contribution in [0.5, 0.6) is 0 Å². The number of halogens is 2. The Kier molecular flexibility index (Phi) is 4.73. The monoisotopic (exact) mass is 392 g/mol. The van der Waals surface area contributed by atoms with E-state index in [0.29, 0.717) is 16.5 Å². The van der Waals surface area contributed by atoms with Gasteiger partial charge in [0.25, 0.3) is 5.89 Å². The van der Waals surface area contributed by atoms with Gasteiger partial charge >= 0.3 is 5.97 Å². The van der Waals surface area contributed by atoms with Gasteiger partial charge in [-0.2, -0.15) is 0 Å². The van der Waals surface area contributed by atoms with Crippen LogP contribution in [0.1, 0.15) is 16.2 Å². The standard InChI is InChI=1S/C16H10BrClN2O3/c17-12-5-1-11(2-6-12)16(21)22-9-14-19-20-15(23-14)10-3-7-13(18)8-4-10/h1-8H,9H2. The maximum Gasteiger partial charge on any atom is 0.338 e. The van der Waals surface area contributed by atoms with E-state index in [2.05, 4.69) is 26.1 Å². The molecule has 23 heavy (non-hydrogen) atoms. The van der Waals surface area contributed by atoms with Gasteiger partial charge in [-0.25, -0.2) is 4.79 Å². The number of carbonyl (C=O) groups is 1. The number of ether oxygens (including phenoxy) is 1.